The molecule has 0 bridgehead atoms. The maximum Gasteiger partial charge on any atom is 0.416 e. The fourth-order valence-corrected chi connectivity index (χ4v) is 6.33. The molecule has 11 heteroatoms. The fraction of sp³-hybridized carbons (Fsp3) is 0.714. The van der Waals surface area contributed by atoms with Crippen LogP contribution in [-0.4, -0.2) is 62.1 Å². The Morgan fingerprint density at radius 1 is 1.05 bits per heavy atom. The molecular formula is C28H36F3IO7. The lowest BCUT2D eigenvalue weighted by Crippen LogP contribution is -2.32. The van der Waals surface area contributed by atoms with Gasteiger partial charge in [-0.25, -0.2) is 0 Å². The molecule has 3 heterocycles. The number of aliphatic hydroxyl groups is 1. The average Bonchev–Trinajstić information content (AvgIpc) is 3.42. The van der Waals surface area contributed by atoms with Crippen molar-refractivity contribution in [1.82, 2.24) is 0 Å². The summed E-state index contributed by atoms with van der Waals surface area (Å²) >= 11 is 1.97. The molecule has 1 saturated carbocycles. The van der Waals surface area contributed by atoms with E-state index in [4.69, 9.17) is 28.4 Å². The summed E-state index contributed by atoms with van der Waals surface area (Å²) in [6.07, 6.45) is 4.01. The van der Waals surface area contributed by atoms with Crippen LogP contribution in [-0.2, 0) is 29.9 Å². The third kappa shape index (κ3) is 7.87. The number of fused-ring (bicyclic) bond motifs is 1. The highest BCUT2D eigenvalue weighted by molar-refractivity contribution is 14.1. The van der Waals surface area contributed by atoms with E-state index in [0.29, 0.717) is 29.6 Å². The maximum absolute atomic E-state index is 13.3. The minimum atomic E-state index is -4.46. The number of alkyl halides is 3. The second kappa shape index (κ2) is 13.3. The monoisotopic (exact) mass is 668 g/mol. The van der Waals surface area contributed by atoms with Crippen molar-refractivity contribution in [2.75, 3.05) is 19.8 Å². The quantitative estimate of drug-likeness (QED) is 0.263. The van der Waals surface area contributed by atoms with Gasteiger partial charge in [-0.05, 0) is 85.2 Å². The molecule has 4 fully saturated rings. The lowest BCUT2D eigenvalue weighted by Gasteiger charge is -2.30. The van der Waals surface area contributed by atoms with Crippen LogP contribution in [0.4, 0.5) is 13.2 Å². The summed E-state index contributed by atoms with van der Waals surface area (Å²) in [6, 6.07) is 3.46. The summed E-state index contributed by atoms with van der Waals surface area (Å²) in [4.78, 5) is 0. The second-order valence-electron chi connectivity index (χ2n) is 10.6. The first-order valence-corrected chi connectivity index (χ1v) is 14.9. The van der Waals surface area contributed by atoms with E-state index >= 15 is 0 Å². The molecule has 8 atom stereocenters. The molecule has 8 unspecified atom stereocenters. The topological polar surface area (TPSA) is 75.6 Å². The van der Waals surface area contributed by atoms with Crippen molar-refractivity contribution >= 4 is 22.6 Å². The Morgan fingerprint density at radius 3 is 2.49 bits per heavy atom. The summed E-state index contributed by atoms with van der Waals surface area (Å²) in [5.41, 5.74) is -0.761. The Morgan fingerprint density at radius 2 is 1.79 bits per heavy atom. The standard InChI is InChI=1S/C28H36F3IO7/c29-28(30,31)17-7-10-21(32)24(13-17)36-16-18(37-26-5-1-3-11-34-26)8-9-19-20-14-25(33)38-23(20)15-22(19)39-27-6-2-4-12-35-27/h7-10,13,18-20,22-23,25-27,33H,1-6,11-12,14-16H2. The van der Waals surface area contributed by atoms with E-state index in [1.807, 2.05) is 34.7 Å². The first-order valence-electron chi connectivity index (χ1n) is 13.8. The van der Waals surface area contributed by atoms with Gasteiger partial charge < -0.3 is 33.5 Å². The first-order chi connectivity index (χ1) is 18.8. The van der Waals surface area contributed by atoms with Gasteiger partial charge in [0.25, 0.3) is 0 Å². The van der Waals surface area contributed by atoms with Gasteiger partial charge in [-0.1, -0.05) is 12.2 Å². The third-order valence-electron chi connectivity index (χ3n) is 7.81. The van der Waals surface area contributed by atoms with E-state index in [9.17, 15) is 18.3 Å². The van der Waals surface area contributed by atoms with Crippen molar-refractivity contribution in [1.29, 1.82) is 0 Å². The van der Waals surface area contributed by atoms with Crippen LogP contribution in [0.1, 0.15) is 56.9 Å². The number of benzene rings is 1. The Balaban J connectivity index is 1.31. The van der Waals surface area contributed by atoms with Gasteiger partial charge in [0.2, 0.25) is 0 Å². The lowest BCUT2D eigenvalue weighted by molar-refractivity contribution is -0.196. The molecule has 0 amide bonds. The third-order valence-corrected chi connectivity index (χ3v) is 8.70. The lowest BCUT2D eigenvalue weighted by atomic mass is 9.91. The van der Waals surface area contributed by atoms with Crippen LogP contribution >= 0.6 is 22.6 Å². The molecule has 0 spiro atoms. The van der Waals surface area contributed by atoms with Crippen molar-refractivity contribution < 1.29 is 46.7 Å². The summed E-state index contributed by atoms with van der Waals surface area (Å²) in [5, 5.41) is 10.1. The summed E-state index contributed by atoms with van der Waals surface area (Å²) < 4.78 is 76.2. The van der Waals surface area contributed by atoms with Crippen molar-refractivity contribution in [3.05, 3.63) is 39.5 Å². The molecule has 3 aliphatic heterocycles. The fourth-order valence-electron chi connectivity index (χ4n) is 5.83. The molecule has 5 rings (SSSR count). The van der Waals surface area contributed by atoms with E-state index in [-0.39, 0.29) is 42.7 Å². The number of rotatable bonds is 9. The van der Waals surface area contributed by atoms with Gasteiger partial charge >= 0.3 is 6.18 Å². The van der Waals surface area contributed by atoms with Crippen LogP contribution in [0.5, 0.6) is 5.75 Å². The summed E-state index contributed by atoms with van der Waals surface area (Å²) in [6.45, 7) is 1.31. The van der Waals surface area contributed by atoms with Crippen molar-refractivity contribution in [3.63, 3.8) is 0 Å². The SMILES string of the molecule is OC1CC2C(CC(OC3CCCCO3)C2C=CC(COc2cc(C(F)(F)F)ccc2I)OC2CCCCO2)O1. The zero-order chi connectivity index (χ0) is 27.4. The number of ether oxygens (including phenoxy) is 6. The predicted octanol–water partition coefficient (Wildman–Crippen LogP) is 5.81. The molecule has 1 aliphatic carbocycles. The van der Waals surface area contributed by atoms with Gasteiger partial charge in [-0.3, -0.25) is 0 Å². The van der Waals surface area contributed by atoms with Crippen LogP contribution in [0.3, 0.4) is 0 Å². The zero-order valence-corrected chi connectivity index (χ0v) is 23.8. The van der Waals surface area contributed by atoms with Gasteiger partial charge in [0.05, 0.1) is 21.3 Å². The molecule has 3 saturated heterocycles. The minimum absolute atomic E-state index is 0.0187. The molecule has 0 radical (unpaired) electrons. The van der Waals surface area contributed by atoms with Crippen LogP contribution in [0.25, 0.3) is 0 Å². The minimum Gasteiger partial charge on any atom is -0.489 e. The van der Waals surface area contributed by atoms with Crippen molar-refractivity contribution in [2.45, 2.75) is 94.7 Å². The second-order valence-corrected chi connectivity index (χ2v) is 11.8. The largest absolute Gasteiger partial charge is 0.489 e. The Bertz CT molecular complexity index is 965. The van der Waals surface area contributed by atoms with Crippen LogP contribution < -0.4 is 4.74 Å². The molecule has 1 aromatic rings. The number of hydrogen-bond acceptors (Lipinski definition) is 7. The summed E-state index contributed by atoms with van der Waals surface area (Å²) in [5.74, 6) is 0.201. The molecule has 7 nitrogen and oxygen atoms in total. The van der Waals surface area contributed by atoms with Crippen molar-refractivity contribution in [3.8, 4) is 5.75 Å². The highest BCUT2D eigenvalue weighted by atomic mass is 127. The van der Waals surface area contributed by atoms with Crippen LogP contribution in [0.2, 0.25) is 0 Å². The van der Waals surface area contributed by atoms with Crippen LogP contribution in [0, 0.1) is 15.4 Å². The van der Waals surface area contributed by atoms with Gasteiger partial charge in [-0.15, -0.1) is 0 Å². The predicted molar refractivity (Wildman–Crippen MR) is 143 cm³/mol. The molecule has 0 aromatic heterocycles. The molecule has 1 N–H and O–H groups in total. The first kappa shape index (κ1) is 29.5. The van der Waals surface area contributed by atoms with Gasteiger partial charge in [0.1, 0.15) is 18.5 Å². The summed E-state index contributed by atoms with van der Waals surface area (Å²) in [7, 11) is 0. The van der Waals surface area contributed by atoms with E-state index in [0.717, 1.165) is 50.7 Å². The Hall–Kier alpha value is -0.960. The molecule has 39 heavy (non-hydrogen) atoms. The number of halogens is 4. The van der Waals surface area contributed by atoms with E-state index in [1.54, 1.807) is 0 Å². The number of aliphatic hydroxyl groups excluding tert-OH is 1. The molecule has 4 aliphatic rings. The Labute approximate surface area is 240 Å². The van der Waals surface area contributed by atoms with Gasteiger partial charge in [0, 0.05) is 32.0 Å². The maximum atomic E-state index is 13.3. The van der Waals surface area contributed by atoms with Crippen molar-refractivity contribution in [2.24, 2.45) is 11.8 Å². The van der Waals surface area contributed by atoms with E-state index < -0.39 is 30.4 Å². The van der Waals surface area contributed by atoms with E-state index in [1.165, 1.54) is 6.07 Å². The highest BCUT2D eigenvalue weighted by Gasteiger charge is 2.49. The van der Waals surface area contributed by atoms with E-state index in [2.05, 4.69) is 0 Å². The highest BCUT2D eigenvalue weighted by Crippen LogP contribution is 2.45. The van der Waals surface area contributed by atoms with Gasteiger partial charge in [0.15, 0.2) is 18.9 Å². The Kier molecular flexibility index (Phi) is 10.1. The number of hydrogen-bond donors (Lipinski definition) is 1. The average molecular weight is 668 g/mol. The molecule has 1 aromatic carbocycles. The zero-order valence-electron chi connectivity index (χ0n) is 21.7. The smallest absolute Gasteiger partial charge is 0.416 e. The molecular weight excluding hydrogens is 632 g/mol. The van der Waals surface area contributed by atoms with Gasteiger partial charge in [-0.2, -0.15) is 13.2 Å². The normalized spacial score (nSPS) is 34.3. The molecule has 218 valence electrons. The van der Waals surface area contributed by atoms with Crippen LogP contribution in [0.15, 0.2) is 30.4 Å².